The molecule has 0 radical (unpaired) electrons. The van der Waals surface area contributed by atoms with E-state index in [0.29, 0.717) is 0 Å². The number of nitrogens with one attached hydrogen (secondary N) is 1. The average molecular weight is 334 g/mol. The standard InChI is InChI=1S/C20H22N4O/c1-14(16-7-3-2-4-8-16)23-19-17(13-22-20(21)24-19)11-10-15-6-5-9-18(25)12-15/h2-9,12-14,25H,10-11H2,1H3,(H3,21,22,23,24). The summed E-state index contributed by atoms with van der Waals surface area (Å²) in [7, 11) is 0. The predicted octanol–water partition coefficient (Wildman–Crippen LogP) is 3.72. The van der Waals surface area contributed by atoms with Crippen LogP contribution in [0.2, 0.25) is 0 Å². The molecule has 0 aliphatic rings. The van der Waals surface area contributed by atoms with Crippen LogP contribution < -0.4 is 11.1 Å². The Labute approximate surface area is 147 Å². The van der Waals surface area contributed by atoms with Crippen LogP contribution in [0.4, 0.5) is 11.8 Å². The molecular formula is C20H22N4O. The van der Waals surface area contributed by atoms with Gasteiger partial charge in [-0.1, -0.05) is 42.5 Å². The lowest BCUT2D eigenvalue weighted by Gasteiger charge is -2.17. The van der Waals surface area contributed by atoms with E-state index in [4.69, 9.17) is 5.73 Å². The number of hydrogen-bond donors (Lipinski definition) is 3. The number of aromatic hydroxyl groups is 1. The smallest absolute Gasteiger partial charge is 0.221 e. The molecule has 0 spiro atoms. The number of nitrogens with zero attached hydrogens (tertiary/aromatic N) is 2. The quantitative estimate of drug-likeness (QED) is 0.640. The number of nitrogens with two attached hydrogens (primary N) is 1. The predicted molar refractivity (Wildman–Crippen MR) is 100 cm³/mol. The molecule has 1 atom stereocenters. The summed E-state index contributed by atoms with van der Waals surface area (Å²) in [5.41, 5.74) is 9.02. The highest BCUT2D eigenvalue weighted by Gasteiger charge is 2.11. The molecular weight excluding hydrogens is 312 g/mol. The van der Waals surface area contributed by atoms with Crippen LogP contribution in [0.25, 0.3) is 0 Å². The molecule has 1 aromatic heterocycles. The fourth-order valence-corrected chi connectivity index (χ4v) is 2.75. The first-order valence-corrected chi connectivity index (χ1v) is 8.32. The Balaban J connectivity index is 1.76. The van der Waals surface area contributed by atoms with Crippen molar-refractivity contribution < 1.29 is 5.11 Å². The number of nitrogen functional groups attached to an aromatic ring is 1. The largest absolute Gasteiger partial charge is 0.508 e. The molecule has 2 aromatic carbocycles. The van der Waals surface area contributed by atoms with Gasteiger partial charge < -0.3 is 16.2 Å². The molecule has 0 aliphatic carbocycles. The minimum atomic E-state index is 0.106. The zero-order valence-electron chi connectivity index (χ0n) is 14.2. The molecule has 5 nitrogen and oxygen atoms in total. The number of phenolic OH excluding ortho intramolecular Hbond substituents is 1. The number of aryl methyl sites for hydroxylation is 2. The van der Waals surface area contributed by atoms with Crippen molar-refractivity contribution in [2.45, 2.75) is 25.8 Å². The summed E-state index contributed by atoms with van der Waals surface area (Å²) in [4.78, 5) is 8.50. The fraction of sp³-hybridized carbons (Fsp3) is 0.200. The molecule has 0 amide bonds. The van der Waals surface area contributed by atoms with Crippen molar-refractivity contribution >= 4 is 11.8 Å². The van der Waals surface area contributed by atoms with Gasteiger partial charge in [-0.15, -0.1) is 0 Å². The SMILES string of the molecule is CC(Nc1nc(N)ncc1CCc1cccc(O)c1)c1ccccc1. The normalized spacial score (nSPS) is 11.9. The number of benzene rings is 2. The van der Waals surface area contributed by atoms with Crippen LogP contribution in [-0.2, 0) is 12.8 Å². The van der Waals surface area contributed by atoms with E-state index >= 15 is 0 Å². The van der Waals surface area contributed by atoms with Gasteiger partial charge in [-0.3, -0.25) is 0 Å². The molecule has 25 heavy (non-hydrogen) atoms. The number of aromatic nitrogens is 2. The van der Waals surface area contributed by atoms with E-state index in [-0.39, 0.29) is 17.7 Å². The van der Waals surface area contributed by atoms with Crippen molar-refractivity contribution in [2.75, 3.05) is 11.1 Å². The summed E-state index contributed by atoms with van der Waals surface area (Å²) in [6.45, 7) is 2.09. The van der Waals surface area contributed by atoms with Gasteiger partial charge in [0, 0.05) is 17.8 Å². The van der Waals surface area contributed by atoms with Crippen molar-refractivity contribution in [1.29, 1.82) is 0 Å². The summed E-state index contributed by atoms with van der Waals surface area (Å²) >= 11 is 0. The number of rotatable bonds is 6. The second kappa shape index (κ2) is 7.66. The van der Waals surface area contributed by atoms with Crippen LogP contribution in [0, 0.1) is 0 Å². The Hall–Kier alpha value is -3.08. The van der Waals surface area contributed by atoms with Crippen LogP contribution in [0.15, 0.2) is 60.8 Å². The lowest BCUT2D eigenvalue weighted by atomic mass is 10.0. The van der Waals surface area contributed by atoms with Gasteiger partial charge in [-0.2, -0.15) is 4.98 Å². The first kappa shape index (κ1) is 16.8. The maximum atomic E-state index is 9.59. The minimum absolute atomic E-state index is 0.106. The molecule has 0 bridgehead atoms. The highest BCUT2D eigenvalue weighted by molar-refractivity contribution is 5.48. The van der Waals surface area contributed by atoms with E-state index in [0.717, 1.165) is 29.8 Å². The molecule has 0 aliphatic heterocycles. The van der Waals surface area contributed by atoms with Gasteiger partial charge in [-0.25, -0.2) is 4.98 Å². The van der Waals surface area contributed by atoms with Crippen LogP contribution in [0.3, 0.4) is 0 Å². The Morgan fingerprint density at radius 2 is 1.88 bits per heavy atom. The van der Waals surface area contributed by atoms with Gasteiger partial charge >= 0.3 is 0 Å². The highest BCUT2D eigenvalue weighted by Crippen LogP contribution is 2.22. The summed E-state index contributed by atoms with van der Waals surface area (Å²) in [6, 6.07) is 17.6. The van der Waals surface area contributed by atoms with Crippen molar-refractivity contribution in [3.05, 3.63) is 77.5 Å². The third-order valence-electron chi connectivity index (χ3n) is 4.13. The minimum Gasteiger partial charge on any atom is -0.508 e. The first-order valence-electron chi connectivity index (χ1n) is 8.32. The molecule has 0 saturated heterocycles. The Morgan fingerprint density at radius 3 is 2.64 bits per heavy atom. The topological polar surface area (TPSA) is 84.1 Å². The second-order valence-corrected chi connectivity index (χ2v) is 6.05. The molecule has 4 N–H and O–H groups in total. The average Bonchev–Trinajstić information content (AvgIpc) is 2.62. The lowest BCUT2D eigenvalue weighted by Crippen LogP contribution is -2.12. The van der Waals surface area contributed by atoms with Crippen molar-refractivity contribution in [3.8, 4) is 5.75 Å². The molecule has 128 valence electrons. The fourth-order valence-electron chi connectivity index (χ4n) is 2.75. The van der Waals surface area contributed by atoms with Gasteiger partial charge in [0.05, 0.1) is 0 Å². The number of anilines is 2. The molecule has 3 aromatic rings. The van der Waals surface area contributed by atoms with E-state index in [2.05, 4.69) is 34.3 Å². The number of hydrogen-bond acceptors (Lipinski definition) is 5. The maximum Gasteiger partial charge on any atom is 0.221 e. The van der Waals surface area contributed by atoms with Gasteiger partial charge in [0.2, 0.25) is 5.95 Å². The zero-order valence-corrected chi connectivity index (χ0v) is 14.2. The van der Waals surface area contributed by atoms with E-state index in [1.165, 1.54) is 5.56 Å². The molecule has 0 saturated carbocycles. The third-order valence-corrected chi connectivity index (χ3v) is 4.13. The van der Waals surface area contributed by atoms with Gasteiger partial charge in [-0.05, 0) is 43.0 Å². The Bertz CT molecular complexity index is 836. The van der Waals surface area contributed by atoms with Crippen molar-refractivity contribution in [1.82, 2.24) is 9.97 Å². The lowest BCUT2D eigenvalue weighted by molar-refractivity contribution is 0.474. The van der Waals surface area contributed by atoms with Gasteiger partial charge in [0.25, 0.3) is 0 Å². The molecule has 1 unspecified atom stereocenters. The van der Waals surface area contributed by atoms with E-state index in [1.807, 2.05) is 30.3 Å². The monoisotopic (exact) mass is 334 g/mol. The maximum absolute atomic E-state index is 9.59. The Kier molecular flexibility index (Phi) is 5.14. The van der Waals surface area contributed by atoms with Gasteiger partial charge in [0.15, 0.2) is 0 Å². The number of phenols is 1. The molecule has 1 heterocycles. The van der Waals surface area contributed by atoms with Crippen LogP contribution in [0.1, 0.15) is 29.7 Å². The summed E-state index contributed by atoms with van der Waals surface area (Å²) in [6.07, 6.45) is 3.31. The molecule has 0 fully saturated rings. The van der Waals surface area contributed by atoms with Crippen LogP contribution in [-0.4, -0.2) is 15.1 Å². The van der Waals surface area contributed by atoms with E-state index in [1.54, 1.807) is 18.3 Å². The first-order chi connectivity index (χ1) is 12.1. The third kappa shape index (κ3) is 4.47. The highest BCUT2D eigenvalue weighted by atomic mass is 16.3. The summed E-state index contributed by atoms with van der Waals surface area (Å²) < 4.78 is 0. The van der Waals surface area contributed by atoms with E-state index in [9.17, 15) is 5.11 Å². The Morgan fingerprint density at radius 1 is 1.08 bits per heavy atom. The van der Waals surface area contributed by atoms with Crippen LogP contribution in [0.5, 0.6) is 5.75 Å². The molecule has 3 rings (SSSR count). The zero-order chi connectivity index (χ0) is 17.6. The van der Waals surface area contributed by atoms with Crippen molar-refractivity contribution in [3.63, 3.8) is 0 Å². The van der Waals surface area contributed by atoms with Crippen LogP contribution >= 0.6 is 0 Å². The van der Waals surface area contributed by atoms with Crippen molar-refractivity contribution in [2.24, 2.45) is 0 Å². The summed E-state index contributed by atoms with van der Waals surface area (Å²) in [5, 5.41) is 13.0. The van der Waals surface area contributed by atoms with E-state index < -0.39 is 0 Å². The molecule has 5 heteroatoms. The second-order valence-electron chi connectivity index (χ2n) is 6.05. The van der Waals surface area contributed by atoms with Gasteiger partial charge in [0.1, 0.15) is 11.6 Å². The summed E-state index contributed by atoms with van der Waals surface area (Å²) in [5.74, 6) is 1.29.